The molecule has 0 aliphatic heterocycles. The van der Waals surface area contributed by atoms with Gasteiger partial charge in [-0.15, -0.1) is 0 Å². The standard InChI is InChI=1S/C7H12O3/c1-6(2,3)7(9,10)4-5-8/h8-10H,1-3H3. The average Bonchev–Trinajstić information content (AvgIpc) is 1.61. The third-order valence-electron chi connectivity index (χ3n) is 1.28. The first-order chi connectivity index (χ1) is 4.31. The van der Waals surface area contributed by atoms with Crippen LogP contribution in [-0.2, 0) is 0 Å². The average molecular weight is 144 g/mol. The molecule has 0 aliphatic rings. The van der Waals surface area contributed by atoms with Crippen molar-refractivity contribution in [3.05, 3.63) is 0 Å². The Hall–Kier alpha value is -0.720. The molecule has 0 rings (SSSR count). The van der Waals surface area contributed by atoms with Crippen molar-refractivity contribution >= 4 is 0 Å². The predicted molar refractivity (Wildman–Crippen MR) is 36.3 cm³/mol. The van der Waals surface area contributed by atoms with E-state index in [1.54, 1.807) is 20.8 Å². The van der Waals surface area contributed by atoms with Crippen LogP contribution in [0.5, 0.6) is 0 Å². The fourth-order valence-electron chi connectivity index (χ4n) is 0.265. The van der Waals surface area contributed by atoms with Gasteiger partial charge in [-0.25, -0.2) is 0 Å². The molecule has 0 saturated carbocycles. The van der Waals surface area contributed by atoms with Gasteiger partial charge in [0.15, 0.2) is 0 Å². The third-order valence-corrected chi connectivity index (χ3v) is 1.28. The summed E-state index contributed by atoms with van der Waals surface area (Å²) in [5.41, 5.74) is -0.775. The number of aliphatic hydroxyl groups excluding tert-OH is 1. The van der Waals surface area contributed by atoms with Crippen LogP contribution in [0.15, 0.2) is 0 Å². The molecule has 0 heterocycles. The molecule has 0 aliphatic carbocycles. The molecule has 0 aromatic heterocycles. The molecule has 0 spiro atoms. The lowest BCUT2D eigenvalue weighted by molar-refractivity contribution is -0.180. The molecule has 0 radical (unpaired) electrons. The second-order valence-corrected chi connectivity index (χ2v) is 3.16. The molecule has 58 valence electrons. The van der Waals surface area contributed by atoms with Gasteiger partial charge in [-0.05, 0) is 0 Å². The van der Waals surface area contributed by atoms with Crippen LogP contribution >= 0.6 is 0 Å². The molecule has 0 unspecified atom stereocenters. The topological polar surface area (TPSA) is 60.7 Å². The van der Waals surface area contributed by atoms with Gasteiger partial charge in [0.2, 0.25) is 5.79 Å². The minimum Gasteiger partial charge on any atom is -0.462 e. The van der Waals surface area contributed by atoms with E-state index in [2.05, 4.69) is 0 Å². The van der Waals surface area contributed by atoms with Crippen LogP contribution in [-0.4, -0.2) is 21.1 Å². The summed E-state index contributed by atoms with van der Waals surface area (Å²) in [5, 5.41) is 26.2. The van der Waals surface area contributed by atoms with E-state index >= 15 is 0 Å². The molecule has 0 saturated heterocycles. The van der Waals surface area contributed by atoms with Crippen LogP contribution in [0.3, 0.4) is 0 Å². The van der Waals surface area contributed by atoms with Crippen molar-refractivity contribution in [1.82, 2.24) is 0 Å². The number of rotatable bonds is 0. The molecule has 3 N–H and O–H groups in total. The van der Waals surface area contributed by atoms with Gasteiger partial charge in [-0.1, -0.05) is 20.8 Å². The normalized spacial score (nSPS) is 12.1. The smallest absolute Gasteiger partial charge is 0.236 e. The minimum atomic E-state index is -2.12. The third kappa shape index (κ3) is 1.90. The maximum Gasteiger partial charge on any atom is 0.236 e. The maximum absolute atomic E-state index is 9.07. The van der Waals surface area contributed by atoms with Gasteiger partial charge in [0.05, 0.1) is 0 Å². The zero-order chi connectivity index (χ0) is 8.41. The SMILES string of the molecule is CC(C)(C)C(O)(O)C#CO. The highest BCUT2D eigenvalue weighted by molar-refractivity contribution is 5.08. The highest BCUT2D eigenvalue weighted by atomic mass is 16.5. The van der Waals surface area contributed by atoms with E-state index in [9.17, 15) is 0 Å². The molecule has 0 atom stereocenters. The second kappa shape index (κ2) is 2.49. The number of aliphatic hydroxyl groups is 3. The Morgan fingerprint density at radius 3 is 1.60 bits per heavy atom. The van der Waals surface area contributed by atoms with E-state index < -0.39 is 11.2 Å². The lowest BCUT2D eigenvalue weighted by atomic mass is 9.86. The monoisotopic (exact) mass is 144 g/mol. The molecular weight excluding hydrogens is 132 g/mol. The summed E-state index contributed by atoms with van der Waals surface area (Å²) in [4.78, 5) is 0. The van der Waals surface area contributed by atoms with E-state index in [0.717, 1.165) is 0 Å². The summed E-state index contributed by atoms with van der Waals surface area (Å²) >= 11 is 0. The minimum absolute atomic E-state index is 0.775. The molecule has 0 amide bonds. The van der Waals surface area contributed by atoms with Gasteiger partial charge >= 0.3 is 0 Å². The van der Waals surface area contributed by atoms with E-state index in [1.807, 2.05) is 5.92 Å². The van der Waals surface area contributed by atoms with Crippen LogP contribution in [0.1, 0.15) is 20.8 Å². The first-order valence-corrected chi connectivity index (χ1v) is 2.92. The summed E-state index contributed by atoms with van der Waals surface area (Å²) < 4.78 is 0. The van der Waals surface area contributed by atoms with E-state index in [0.29, 0.717) is 0 Å². The summed E-state index contributed by atoms with van der Waals surface area (Å²) in [6.45, 7) is 4.83. The zero-order valence-corrected chi connectivity index (χ0v) is 6.34. The highest BCUT2D eigenvalue weighted by Gasteiger charge is 2.36. The van der Waals surface area contributed by atoms with Crippen molar-refractivity contribution in [3.8, 4) is 12.0 Å². The Balaban J connectivity index is 4.51. The zero-order valence-electron chi connectivity index (χ0n) is 6.34. The summed E-state index contributed by atoms with van der Waals surface area (Å²) in [7, 11) is 0. The van der Waals surface area contributed by atoms with Crippen molar-refractivity contribution in [2.75, 3.05) is 0 Å². The van der Waals surface area contributed by atoms with Crippen molar-refractivity contribution in [2.45, 2.75) is 26.6 Å². The Bertz CT molecular complexity index is 166. The van der Waals surface area contributed by atoms with E-state index in [1.165, 1.54) is 6.11 Å². The molecule has 10 heavy (non-hydrogen) atoms. The molecule has 0 fully saturated rings. The van der Waals surface area contributed by atoms with Crippen molar-refractivity contribution in [1.29, 1.82) is 0 Å². The Morgan fingerprint density at radius 2 is 1.50 bits per heavy atom. The first kappa shape index (κ1) is 9.28. The van der Waals surface area contributed by atoms with Gasteiger partial charge < -0.3 is 15.3 Å². The van der Waals surface area contributed by atoms with Gasteiger partial charge in [0.25, 0.3) is 0 Å². The van der Waals surface area contributed by atoms with E-state index in [4.69, 9.17) is 15.3 Å². The Kier molecular flexibility index (Phi) is 2.31. The van der Waals surface area contributed by atoms with Crippen LogP contribution in [0.25, 0.3) is 0 Å². The molecule has 0 bridgehead atoms. The lowest BCUT2D eigenvalue weighted by Crippen LogP contribution is -2.41. The molecule has 3 nitrogen and oxygen atoms in total. The molecular formula is C7H12O3. The predicted octanol–water partition coefficient (Wildman–Crippen LogP) is 0.0468. The van der Waals surface area contributed by atoms with Gasteiger partial charge in [0, 0.05) is 11.3 Å². The first-order valence-electron chi connectivity index (χ1n) is 2.92. The van der Waals surface area contributed by atoms with Gasteiger partial charge in [-0.2, -0.15) is 0 Å². The largest absolute Gasteiger partial charge is 0.462 e. The summed E-state index contributed by atoms with van der Waals surface area (Å²) in [6, 6.07) is 0. The second-order valence-electron chi connectivity index (χ2n) is 3.16. The van der Waals surface area contributed by atoms with Crippen LogP contribution in [0.4, 0.5) is 0 Å². The van der Waals surface area contributed by atoms with Crippen LogP contribution in [0, 0.1) is 17.4 Å². The van der Waals surface area contributed by atoms with Crippen molar-refractivity contribution < 1.29 is 15.3 Å². The summed E-state index contributed by atoms with van der Waals surface area (Å²) in [5.74, 6) is -0.245. The molecule has 0 aromatic rings. The van der Waals surface area contributed by atoms with Crippen molar-refractivity contribution in [3.63, 3.8) is 0 Å². The summed E-state index contributed by atoms with van der Waals surface area (Å²) in [6.07, 6.45) is 1.46. The molecule has 3 heteroatoms. The van der Waals surface area contributed by atoms with E-state index in [-0.39, 0.29) is 0 Å². The Morgan fingerprint density at radius 1 is 1.10 bits per heavy atom. The maximum atomic E-state index is 9.07. The lowest BCUT2D eigenvalue weighted by Gasteiger charge is -2.29. The number of hydrogen-bond acceptors (Lipinski definition) is 3. The van der Waals surface area contributed by atoms with Crippen LogP contribution < -0.4 is 0 Å². The fourth-order valence-corrected chi connectivity index (χ4v) is 0.265. The fraction of sp³-hybridized carbons (Fsp3) is 0.714. The Labute approximate surface area is 60.3 Å². The number of hydrogen-bond donors (Lipinski definition) is 3. The van der Waals surface area contributed by atoms with Gasteiger partial charge in [-0.3, -0.25) is 0 Å². The molecule has 0 aromatic carbocycles. The van der Waals surface area contributed by atoms with Crippen LogP contribution in [0.2, 0.25) is 0 Å². The van der Waals surface area contributed by atoms with Crippen molar-refractivity contribution in [2.24, 2.45) is 5.41 Å². The van der Waals surface area contributed by atoms with Gasteiger partial charge in [0.1, 0.15) is 6.11 Å². The quantitative estimate of drug-likeness (QED) is 0.332. The highest BCUT2D eigenvalue weighted by Crippen LogP contribution is 2.26.